The molecular formula is C50H33NOS. The van der Waals surface area contributed by atoms with Crippen LogP contribution in [0.5, 0.6) is 0 Å². The largest absolute Gasteiger partial charge is 0.456 e. The van der Waals surface area contributed by atoms with Crippen molar-refractivity contribution in [2.45, 2.75) is 12.3 Å². The van der Waals surface area contributed by atoms with Gasteiger partial charge in [-0.2, -0.15) is 0 Å². The number of hydrogen-bond donors (Lipinski definition) is 0. The van der Waals surface area contributed by atoms with Gasteiger partial charge in [-0.3, -0.25) is 0 Å². The Bertz CT molecular complexity index is 3060. The van der Waals surface area contributed by atoms with Gasteiger partial charge in [0.2, 0.25) is 0 Å². The molecule has 0 bridgehead atoms. The Morgan fingerprint density at radius 1 is 0.547 bits per heavy atom. The van der Waals surface area contributed by atoms with E-state index >= 15 is 0 Å². The molecule has 8 aromatic carbocycles. The summed E-state index contributed by atoms with van der Waals surface area (Å²) < 4.78 is 8.81. The fraction of sp³-hybridized carbons (Fsp3) is 0.0400. The number of benzene rings is 8. The predicted octanol–water partition coefficient (Wildman–Crippen LogP) is 14.8. The second kappa shape index (κ2) is 12.1. The summed E-state index contributed by atoms with van der Waals surface area (Å²) in [6.07, 6.45) is 5.63. The van der Waals surface area contributed by atoms with Crippen LogP contribution in [0.4, 0.5) is 17.1 Å². The van der Waals surface area contributed by atoms with E-state index in [0.717, 1.165) is 34.6 Å². The molecule has 2 nitrogen and oxygen atoms in total. The lowest BCUT2D eigenvalue weighted by atomic mass is 9.81. The van der Waals surface area contributed by atoms with E-state index in [1.807, 2.05) is 17.4 Å². The molecule has 250 valence electrons. The Morgan fingerprint density at radius 2 is 1.30 bits per heavy atom. The molecule has 1 aliphatic rings. The first-order valence-corrected chi connectivity index (χ1v) is 19.1. The number of furan rings is 1. The van der Waals surface area contributed by atoms with Gasteiger partial charge in [0.1, 0.15) is 11.2 Å². The van der Waals surface area contributed by atoms with E-state index in [4.69, 9.17) is 4.42 Å². The van der Waals surface area contributed by atoms with Crippen LogP contribution in [0.1, 0.15) is 29.0 Å². The Kier molecular flexibility index (Phi) is 6.89. The fourth-order valence-electron chi connectivity index (χ4n) is 8.54. The van der Waals surface area contributed by atoms with Crippen LogP contribution in [0.3, 0.4) is 0 Å². The topological polar surface area (TPSA) is 16.4 Å². The van der Waals surface area contributed by atoms with Crippen LogP contribution in [0.25, 0.3) is 70.1 Å². The Balaban J connectivity index is 1.04. The predicted molar refractivity (Wildman–Crippen MR) is 226 cm³/mol. The number of thiophene rings is 1. The molecule has 0 saturated carbocycles. The summed E-state index contributed by atoms with van der Waals surface area (Å²) in [5.74, 6) is 0.269. The lowest BCUT2D eigenvalue weighted by molar-refractivity contribution is 0.669. The van der Waals surface area contributed by atoms with Crippen molar-refractivity contribution in [3.05, 3.63) is 193 Å². The molecule has 53 heavy (non-hydrogen) atoms. The van der Waals surface area contributed by atoms with Crippen molar-refractivity contribution in [2.75, 3.05) is 4.90 Å². The van der Waals surface area contributed by atoms with Crippen LogP contribution in [0, 0.1) is 0 Å². The summed E-state index contributed by atoms with van der Waals surface area (Å²) in [7, 11) is 0. The summed E-state index contributed by atoms with van der Waals surface area (Å²) in [5, 5.41) is 7.47. The van der Waals surface area contributed by atoms with Gasteiger partial charge >= 0.3 is 0 Å². The van der Waals surface area contributed by atoms with E-state index in [1.54, 1.807) is 0 Å². The molecule has 0 spiro atoms. The monoisotopic (exact) mass is 695 g/mol. The Morgan fingerprint density at radius 3 is 2.25 bits per heavy atom. The molecule has 1 atom stereocenters. The molecule has 3 heteroatoms. The molecule has 0 N–H and O–H groups in total. The molecule has 1 aliphatic carbocycles. The highest BCUT2D eigenvalue weighted by molar-refractivity contribution is 7.25. The van der Waals surface area contributed by atoms with Crippen LogP contribution in [0.15, 0.2) is 180 Å². The van der Waals surface area contributed by atoms with Gasteiger partial charge in [-0.25, -0.2) is 0 Å². The van der Waals surface area contributed by atoms with Crippen LogP contribution >= 0.6 is 11.3 Å². The highest BCUT2D eigenvalue weighted by Crippen LogP contribution is 2.46. The standard InChI is InChI=1S/C50H33NOS/c1-2-11-32(12-3-1)40-14-4-7-18-45(40)51(37-24-27-43-42-15-6-9-20-48(42)53-49(43)31-37)36-23-26-39-33(30-36)13-10-17-38(39)34-21-25-41-35(29-34)22-28-47-50(41)44-16-5-8-19-46(44)52-47/h1-16,18-31,38H,17H2. The number of nitrogens with zero attached hydrogens (tertiary/aromatic N) is 1. The van der Waals surface area contributed by atoms with Gasteiger partial charge < -0.3 is 9.32 Å². The van der Waals surface area contributed by atoms with Gasteiger partial charge in [0, 0.05) is 53.8 Å². The lowest BCUT2D eigenvalue weighted by Gasteiger charge is -2.30. The van der Waals surface area contributed by atoms with Crippen molar-refractivity contribution < 1.29 is 4.42 Å². The van der Waals surface area contributed by atoms with Crippen molar-refractivity contribution in [1.29, 1.82) is 0 Å². The first-order chi connectivity index (χ1) is 26.3. The zero-order valence-corrected chi connectivity index (χ0v) is 29.7. The molecule has 0 aliphatic heterocycles. The van der Waals surface area contributed by atoms with Crippen molar-refractivity contribution >= 4 is 87.4 Å². The summed E-state index contributed by atoms with van der Waals surface area (Å²) in [4.78, 5) is 2.44. The van der Waals surface area contributed by atoms with E-state index in [-0.39, 0.29) is 5.92 Å². The molecule has 2 aromatic heterocycles. The quantitative estimate of drug-likeness (QED) is 0.178. The number of allylic oxidation sites excluding steroid dienone is 1. The average molecular weight is 696 g/mol. The molecule has 11 rings (SSSR count). The van der Waals surface area contributed by atoms with Gasteiger partial charge in [0.15, 0.2) is 0 Å². The Hall–Kier alpha value is -6.42. The third kappa shape index (κ3) is 4.92. The second-order valence-corrected chi connectivity index (χ2v) is 15.1. The van der Waals surface area contributed by atoms with E-state index in [0.29, 0.717) is 0 Å². The summed E-state index contributed by atoms with van der Waals surface area (Å²) in [5.41, 5.74) is 11.7. The zero-order chi connectivity index (χ0) is 34.9. The van der Waals surface area contributed by atoms with Gasteiger partial charge in [0.05, 0.1) is 5.69 Å². The second-order valence-electron chi connectivity index (χ2n) is 14.0. The van der Waals surface area contributed by atoms with E-state index in [1.165, 1.54) is 69.5 Å². The van der Waals surface area contributed by atoms with Gasteiger partial charge in [-0.05, 0) is 88.0 Å². The van der Waals surface area contributed by atoms with Gasteiger partial charge in [-0.15, -0.1) is 11.3 Å². The zero-order valence-electron chi connectivity index (χ0n) is 28.9. The van der Waals surface area contributed by atoms with E-state index < -0.39 is 0 Å². The van der Waals surface area contributed by atoms with Crippen LogP contribution < -0.4 is 4.90 Å². The summed E-state index contributed by atoms with van der Waals surface area (Å²) >= 11 is 1.86. The third-order valence-corrected chi connectivity index (χ3v) is 12.1. The number of fused-ring (bicyclic) bond motifs is 9. The van der Waals surface area contributed by atoms with Crippen LogP contribution in [-0.4, -0.2) is 0 Å². The summed E-state index contributed by atoms with van der Waals surface area (Å²) in [6, 6.07) is 62.0. The van der Waals surface area contributed by atoms with Crippen molar-refractivity contribution in [3.63, 3.8) is 0 Å². The maximum absolute atomic E-state index is 6.20. The molecule has 0 amide bonds. The number of anilines is 3. The maximum Gasteiger partial charge on any atom is 0.136 e. The maximum atomic E-state index is 6.20. The number of para-hydroxylation sites is 2. The average Bonchev–Trinajstić information content (AvgIpc) is 3.79. The van der Waals surface area contributed by atoms with Crippen molar-refractivity contribution in [2.24, 2.45) is 0 Å². The first-order valence-electron chi connectivity index (χ1n) is 18.3. The molecule has 0 fully saturated rings. The molecule has 0 radical (unpaired) electrons. The molecule has 10 aromatic rings. The molecule has 1 unspecified atom stereocenters. The lowest BCUT2D eigenvalue weighted by Crippen LogP contribution is -2.13. The normalized spacial score (nSPS) is 14.1. The highest BCUT2D eigenvalue weighted by atomic mass is 32.1. The first kappa shape index (κ1) is 30.2. The van der Waals surface area contributed by atoms with Gasteiger partial charge in [-0.1, -0.05) is 133 Å². The van der Waals surface area contributed by atoms with Crippen molar-refractivity contribution in [1.82, 2.24) is 0 Å². The molecule has 2 heterocycles. The van der Waals surface area contributed by atoms with E-state index in [9.17, 15) is 0 Å². The minimum atomic E-state index is 0.269. The molecular weight excluding hydrogens is 663 g/mol. The van der Waals surface area contributed by atoms with E-state index in [2.05, 4.69) is 181 Å². The minimum absolute atomic E-state index is 0.269. The Labute approximate surface area is 311 Å². The smallest absolute Gasteiger partial charge is 0.136 e. The van der Waals surface area contributed by atoms with Crippen LogP contribution in [-0.2, 0) is 0 Å². The van der Waals surface area contributed by atoms with Crippen molar-refractivity contribution in [3.8, 4) is 11.1 Å². The van der Waals surface area contributed by atoms with Gasteiger partial charge in [0.25, 0.3) is 0 Å². The fourth-order valence-corrected chi connectivity index (χ4v) is 9.68. The third-order valence-electron chi connectivity index (χ3n) is 11.0. The molecule has 0 saturated heterocycles. The highest BCUT2D eigenvalue weighted by Gasteiger charge is 2.24. The number of hydrogen-bond acceptors (Lipinski definition) is 3. The SMILES string of the molecule is C1=Cc2cc(N(c3ccc4c(c3)sc3ccccc34)c3ccccc3-c3ccccc3)ccc2C(c2ccc3c(ccc4oc5ccccc5c43)c2)C1. The van der Waals surface area contributed by atoms with Crippen LogP contribution in [0.2, 0.25) is 0 Å². The number of rotatable bonds is 5. The summed E-state index contributed by atoms with van der Waals surface area (Å²) in [6.45, 7) is 0. The minimum Gasteiger partial charge on any atom is -0.456 e.